The summed E-state index contributed by atoms with van der Waals surface area (Å²) in [5, 5.41) is 6.50. The van der Waals surface area contributed by atoms with E-state index in [9.17, 15) is 0 Å². The minimum Gasteiger partial charge on any atom is -0.380 e. The lowest BCUT2D eigenvalue weighted by Crippen LogP contribution is -2.41. The lowest BCUT2D eigenvalue weighted by atomic mass is 10.4. The van der Waals surface area contributed by atoms with Gasteiger partial charge in [0.05, 0.1) is 26.4 Å². The summed E-state index contributed by atoms with van der Waals surface area (Å²) in [6.45, 7) is 12.7. The smallest absolute Gasteiger partial charge is 0.191 e. The van der Waals surface area contributed by atoms with Crippen LogP contribution in [0.5, 0.6) is 0 Å². The van der Waals surface area contributed by atoms with Crippen molar-refractivity contribution in [2.75, 3.05) is 65.7 Å². The number of ether oxygens (including phenoxy) is 2. The molecule has 0 saturated carbocycles. The molecule has 0 aromatic rings. The molecule has 0 unspecified atom stereocenters. The molecule has 1 rings (SSSR count). The molecule has 6 nitrogen and oxygen atoms in total. The minimum atomic E-state index is 0. The molecule has 0 atom stereocenters. The first-order valence-electron chi connectivity index (χ1n) is 7.26. The lowest BCUT2D eigenvalue weighted by Gasteiger charge is -2.25. The Morgan fingerprint density at radius 3 is 2.65 bits per heavy atom. The van der Waals surface area contributed by atoms with Crippen molar-refractivity contribution in [3.63, 3.8) is 0 Å². The van der Waals surface area contributed by atoms with E-state index in [4.69, 9.17) is 9.47 Å². The average Bonchev–Trinajstić information content (AvgIpc) is 2.44. The summed E-state index contributed by atoms with van der Waals surface area (Å²) in [7, 11) is 0. The normalized spacial score (nSPS) is 16.6. The van der Waals surface area contributed by atoms with Gasteiger partial charge in [-0.05, 0) is 13.8 Å². The molecule has 0 radical (unpaired) electrons. The number of hydrogen-bond donors (Lipinski definition) is 2. The van der Waals surface area contributed by atoms with Crippen molar-refractivity contribution < 1.29 is 9.47 Å². The summed E-state index contributed by atoms with van der Waals surface area (Å²) in [6.07, 6.45) is 0. The predicted molar refractivity (Wildman–Crippen MR) is 93.1 cm³/mol. The van der Waals surface area contributed by atoms with Crippen LogP contribution in [0, 0.1) is 0 Å². The van der Waals surface area contributed by atoms with E-state index < -0.39 is 0 Å². The molecule has 7 heteroatoms. The van der Waals surface area contributed by atoms with Crippen LogP contribution >= 0.6 is 24.0 Å². The quantitative estimate of drug-likeness (QED) is 0.270. The maximum Gasteiger partial charge on any atom is 0.191 e. The highest BCUT2D eigenvalue weighted by Crippen LogP contribution is 1.95. The maximum atomic E-state index is 5.33. The van der Waals surface area contributed by atoms with Crippen LogP contribution < -0.4 is 10.6 Å². The van der Waals surface area contributed by atoms with Crippen molar-refractivity contribution in [2.45, 2.75) is 13.8 Å². The van der Waals surface area contributed by atoms with Gasteiger partial charge in [-0.1, -0.05) is 0 Å². The van der Waals surface area contributed by atoms with Crippen LogP contribution in [0.15, 0.2) is 4.99 Å². The molecule has 0 amide bonds. The van der Waals surface area contributed by atoms with Gasteiger partial charge in [-0.2, -0.15) is 0 Å². The number of aliphatic imine (C=N–C) groups is 1. The molecule has 1 fully saturated rings. The fourth-order valence-electron chi connectivity index (χ4n) is 1.86. The Morgan fingerprint density at radius 2 is 2.00 bits per heavy atom. The zero-order valence-corrected chi connectivity index (χ0v) is 15.0. The van der Waals surface area contributed by atoms with Gasteiger partial charge in [0, 0.05) is 39.3 Å². The van der Waals surface area contributed by atoms with Gasteiger partial charge >= 0.3 is 0 Å². The Labute approximate surface area is 139 Å². The third-order valence-electron chi connectivity index (χ3n) is 2.88. The molecule has 0 aromatic heterocycles. The van der Waals surface area contributed by atoms with Crippen LogP contribution in [-0.2, 0) is 9.47 Å². The third kappa shape index (κ3) is 9.73. The summed E-state index contributed by atoms with van der Waals surface area (Å²) >= 11 is 0. The van der Waals surface area contributed by atoms with Gasteiger partial charge in [0.2, 0.25) is 0 Å². The number of guanidine groups is 1. The fourth-order valence-corrected chi connectivity index (χ4v) is 1.86. The Bertz CT molecular complexity index is 249. The van der Waals surface area contributed by atoms with Crippen molar-refractivity contribution >= 4 is 29.9 Å². The van der Waals surface area contributed by atoms with E-state index in [1.165, 1.54) is 0 Å². The Kier molecular flexibility index (Phi) is 13.8. The Balaban J connectivity index is 0.00000361. The second-order valence-electron chi connectivity index (χ2n) is 4.34. The number of nitrogens with zero attached hydrogens (tertiary/aromatic N) is 2. The number of rotatable bonds is 8. The van der Waals surface area contributed by atoms with Gasteiger partial charge in [-0.3, -0.25) is 9.89 Å². The van der Waals surface area contributed by atoms with Gasteiger partial charge in [0.1, 0.15) is 0 Å². The van der Waals surface area contributed by atoms with Gasteiger partial charge in [0.15, 0.2) is 5.96 Å². The van der Waals surface area contributed by atoms with E-state index in [0.717, 1.165) is 65.0 Å². The van der Waals surface area contributed by atoms with E-state index in [-0.39, 0.29) is 24.0 Å². The highest BCUT2D eigenvalue weighted by atomic mass is 127. The molecular weight excluding hydrogens is 371 g/mol. The van der Waals surface area contributed by atoms with Crippen molar-refractivity contribution in [1.29, 1.82) is 0 Å². The molecule has 1 saturated heterocycles. The first-order chi connectivity index (χ1) is 9.36. The first kappa shape index (κ1) is 19.9. The second kappa shape index (κ2) is 13.8. The first-order valence-corrected chi connectivity index (χ1v) is 7.26. The zero-order chi connectivity index (χ0) is 13.8. The van der Waals surface area contributed by atoms with Crippen molar-refractivity contribution in [3.05, 3.63) is 0 Å². The largest absolute Gasteiger partial charge is 0.380 e. The van der Waals surface area contributed by atoms with Crippen LogP contribution in [0.2, 0.25) is 0 Å². The average molecular weight is 400 g/mol. The summed E-state index contributed by atoms with van der Waals surface area (Å²) in [6, 6.07) is 0. The Hall–Kier alpha value is -0.120. The maximum absolute atomic E-state index is 5.33. The third-order valence-corrected chi connectivity index (χ3v) is 2.88. The summed E-state index contributed by atoms with van der Waals surface area (Å²) < 4.78 is 10.6. The molecule has 0 spiro atoms. The summed E-state index contributed by atoms with van der Waals surface area (Å²) in [4.78, 5) is 6.95. The standard InChI is InChI=1S/C13H28N4O2.HI/c1-3-14-13(16-6-10-18-4-2)15-5-7-17-8-11-19-12-9-17;/h3-12H2,1-2H3,(H2,14,15,16);1H. The number of halogens is 1. The van der Waals surface area contributed by atoms with Crippen LogP contribution in [0.4, 0.5) is 0 Å². The molecule has 2 N–H and O–H groups in total. The van der Waals surface area contributed by atoms with Crippen molar-refractivity contribution in [1.82, 2.24) is 15.5 Å². The van der Waals surface area contributed by atoms with E-state index in [1.807, 2.05) is 6.92 Å². The summed E-state index contributed by atoms with van der Waals surface area (Å²) in [5.41, 5.74) is 0. The minimum absolute atomic E-state index is 0. The Morgan fingerprint density at radius 1 is 1.25 bits per heavy atom. The van der Waals surface area contributed by atoms with Crippen LogP contribution in [0.3, 0.4) is 0 Å². The van der Waals surface area contributed by atoms with Crippen molar-refractivity contribution in [3.8, 4) is 0 Å². The van der Waals surface area contributed by atoms with Gasteiger partial charge in [-0.25, -0.2) is 0 Å². The monoisotopic (exact) mass is 400 g/mol. The molecule has 120 valence electrons. The van der Waals surface area contributed by atoms with E-state index in [0.29, 0.717) is 6.61 Å². The molecular formula is C13H29IN4O2. The van der Waals surface area contributed by atoms with E-state index in [2.05, 4.69) is 27.4 Å². The molecule has 1 aliphatic heterocycles. The van der Waals surface area contributed by atoms with Gasteiger partial charge in [-0.15, -0.1) is 24.0 Å². The second-order valence-corrected chi connectivity index (χ2v) is 4.34. The molecule has 1 heterocycles. The number of nitrogens with one attached hydrogen (secondary N) is 2. The molecule has 0 aliphatic carbocycles. The fraction of sp³-hybridized carbons (Fsp3) is 0.923. The SMILES string of the molecule is CCNC(=NCCN1CCOCC1)NCCOCC.I. The van der Waals surface area contributed by atoms with E-state index in [1.54, 1.807) is 0 Å². The predicted octanol–water partition coefficient (Wildman–Crippen LogP) is 0.528. The summed E-state index contributed by atoms with van der Waals surface area (Å²) in [5.74, 6) is 0.871. The van der Waals surface area contributed by atoms with Crippen LogP contribution in [0.1, 0.15) is 13.8 Å². The highest BCUT2D eigenvalue weighted by molar-refractivity contribution is 14.0. The zero-order valence-electron chi connectivity index (χ0n) is 12.7. The van der Waals surface area contributed by atoms with Crippen molar-refractivity contribution in [2.24, 2.45) is 4.99 Å². The lowest BCUT2D eigenvalue weighted by molar-refractivity contribution is 0.0394. The highest BCUT2D eigenvalue weighted by Gasteiger charge is 2.09. The molecule has 20 heavy (non-hydrogen) atoms. The van der Waals surface area contributed by atoms with Gasteiger partial charge in [0.25, 0.3) is 0 Å². The van der Waals surface area contributed by atoms with Gasteiger partial charge < -0.3 is 20.1 Å². The molecule has 1 aliphatic rings. The molecule has 0 aromatic carbocycles. The van der Waals surface area contributed by atoms with Crippen LogP contribution in [-0.4, -0.2) is 76.6 Å². The topological polar surface area (TPSA) is 58.1 Å². The number of morpholine rings is 1. The number of hydrogen-bond acceptors (Lipinski definition) is 4. The molecule has 0 bridgehead atoms. The van der Waals surface area contributed by atoms with Crippen LogP contribution in [0.25, 0.3) is 0 Å². The van der Waals surface area contributed by atoms with E-state index >= 15 is 0 Å².